The number of rotatable bonds is 11. The van der Waals surface area contributed by atoms with E-state index in [2.05, 4.69) is 34.9 Å². The Morgan fingerprint density at radius 2 is 1.77 bits per heavy atom. The molecule has 2 saturated heterocycles. The maximum atomic E-state index is 13.7. The fourth-order valence-electron chi connectivity index (χ4n) is 5.64. The van der Waals surface area contributed by atoms with Crippen LogP contribution >= 0.6 is 23.5 Å². The molecule has 1 aromatic carbocycles. The Labute approximate surface area is 248 Å². The third-order valence-electron chi connectivity index (χ3n) is 7.98. The van der Waals surface area contributed by atoms with E-state index in [-0.39, 0.29) is 17.9 Å². The summed E-state index contributed by atoms with van der Waals surface area (Å²) >= 11 is 3.32. The van der Waals surface area contributed by atoms with E-state index in [1.54, 1.807) is 25.6 Å². The van der Waals surface area contributed by atoms with Crippen molar-refractivity contribution in [2.24, 2.45) is 5.92 Å². The fraction of sp³-hybridized carbons (Fsp3) is 0.700. The summed E-state index contributed by atoms with van der Waals surface area (Å²) in [6.07, 6.45) is 7.48. The highest BCUT2D eigenvalue weighted by atomic mass is 32.2. The van der Waals surface area contributed by atoms with Gasteiger partial charge >= 0.3 is 6.09 Å². The van der Waals surface area contributed by atoms with Gasteiger partial charge in [-0.05, 0) is 56.8 Å². The second-order valence-electron chi connectivity index (χ2n) is 11.5. The molecule has 0 spiro atoms. The number of piperidine rings is 1. The van der Waals surface area contributed by atoms with Crippen LogP contribution in [0.3, 0.4) is 0 Å². The van der Waals surface area contributed by atoms with Gasteiger partial charge < -0.3 is 20.3 Å². The Morgan fingerprint density at radius 1 is 1.05 bits per heavy atom. The average molecular weight is 591 g/mol. The van der Waals surface area contributed by atoms with Crippen LogP contribution in [0.4, 0.5) is 4.79 Å². The molecular weight excluding hydrogens is 544 g/mol. The standard InChI is InChI=1S/C30H46N4O4S2/c1-22(2)38-30(37)34-21-40-20-27(34)28(35)32-26(19-39-18-24-11-7-4-8-12-24)29(36)33-15-13-25(14-16-33)31-17-23-9-5-3-6-10-23/h3,5-6,9-10,22,24-27,31H,4,7-8,11-21H2,1-2H3,(H,32,35)/t26-,27?/m0/s1. The first-order chi connectivity index (χ1) is 19.4. The highest BCUT2D eigenvalue weighted by Crippen LogP contribution is 2.28. The Kier molecular flexibility index (Phi) is 12.4. The van der Waals surface area contributed by atoms with Crippen molar-refractivity contribution in [2.45, 2.75) is 89.6 Å². The number of nitrogens with zero attached hydrogens (tertiary/aromatic N) is 2. The molecule has 0 bridgehead atoms. The summed E-state index contributed by atoms with van der Waals surface area (Å²) < 4.78 is 5.36. The number of nitrogens with one attached hydrogen (secondary N) is 2. The molecule has 3 amide bonds. The van der Waals surface area contributed by atoms with Gasteiger partial charge in [0.05, 0.1) is 12.0 Å². The number of amides is 3. The van der Waals surface area contributed by atoms with Gasteiger partial charge in [-0.2, -0.15) is 11.8 Å². The molecule has 2 N–H and O–H groups in total. The van der Waals surface area contributed by atoms with E-state index in [4.69, 9.17) is 4.74 Å². The predicted molar refractivity (Wildman–Crippen MR) is 163 cm³/mol. The van der Waals surface area contributed by atoms with Crippen LogP contribution in [-0.4, -0.2) is 88.2 Å². The van der Waals surface area contributed by atoms with Crippen LogP contribution in [0, 0.1) is 5.92 Å². The first-order valence-electron chi connectivity index (χ1n) is 14.9. The number of hydrogen-bond acceptors (Lipinski definition) is 7. The minimum Gasteiger partial charge on any atom is -0.447 e. The summed E-state index contributed by atoms with van der Waals surface area (Å²) in [4.78, 5) is 43.2. The van der Waals surface area contributed by atoms with Crippen molar-refractivity contribution in [3.8, 4) is 0 Å². The number of ether oxygens (including phenoxy) is 1. The molecule has 1 aliphatic carbocycles. The Hall–Kier alpha value is -1.91. The molecule has 2 aliphatic heterocycles. The van der Waals surface area contributed by atoms with Crippen molar-refractivity contribution in [2.75, 3.05) is 36.2 Å². The lowest BCUT2D eigenvalue weighted by molar-refractivity contribution is -0.137. The first kappa shape index (κ1) is 31.0. The molecule has 1 unspecified atom stereocenters. The Morgan fingerprint density at radius 3 is 2.48 bits per heavy atom. The predicted octanol–water partition coefficient (Wildman–Crippen LogP) is 4.49. The minimum absolute atomic E-state index is 0.00652. The van der Waals surface area contributed by atoms with Gasteiger partial charge in [0, 0.05) is 37.2 Å². The van der Waals surface area contributed by atoms with E-state index in [1.165, 1.54) is 54.3 Å². The first-order valence-corrected chi connectivity index (χ1v) is 17.2. The molecule has 4 rings (SSSR count). The summed E-state index contributed by atoms with van der Waals surface area (Å²) in [7, 11) is 0. The zero-order valence-corrected chi connectivity index (χ0v) is 25.6. The maximum Gasteiger partial charge on any atom is 0.411 e. The van der Waals surface area contributed by atoms with Crippen molar-refractivity contribution < 1.29 is 19.1 Å². The summed E-state index contributed by atoms with van der Waals surface area (Å²) in [6.45, 7) is 5.78. The van der Waals surface area contributed by atoms with Gasteiger partial charge in [-0.3, -0.25) is 14.5 Å². The van der Waals surface area contributed by atoms with E-state index in [0.717, 1.165) is 25.1 Å². The van der Waals surface area contributed by atoms with Crippen LogP contribution in [-0.2, 0) is 20.9 Å². The molecule has 222 valence electrons. The summed E-state index contributed by atoms with van der Waals surface area (Å²) in [5, 5.41) is 6.69. The minimum atomic E-state index is -0.622. The van der Waals surface area contributed by atoms with Gasteiger partial charge in [-0.25, -0.2) is 4.79 Å². The van der Waals surface area contributed by atoms with Crippen LogP contribution in [0.2, 0.25) is 0 Å². The van der Waals surface area contributed by atoms with Crippen molar-refractivity contribution in [1.82, 2.24) is 20.4 Å². The second kappa shape index (κ2) is 15.9. The zero-order valence-electron chi connectivity index (χ0n) is 24.0. The summed E-state index contributed by atoms with van der Waals surface area (Å²) in [5.41, 5.74) is 1.26. The third kappa shape index (κ3) is 9.31. The van der Waals surface area contributed by atoms with E-state index in [0.29, 0.717) is 42.4 Å². The molecular formula is C30H46N4O4S2. The van der Waals surface area contributed by atoms with Gasteiger partial charge in [-0.15, -0.1) is 11.8 Å². The van der Waals surface area contributed by atoms with E-state index >= 15 is 0 Å². The highest BCUT2D eigenvalue weighted by molar-refractivity contribution is 7.99. The molecule has 1 aromatic rings. The van der Waals surface area contributed by atoms with Crippen molar-refractivity contribution in [1.29, 1.82) is 0 Å². The lowest BCUT2D eigenvalue weighted by atomic mass is 9.91. The van der Waals surface area contributed by atoms with Crippen LogP contribution in [0.15, 0.2) is 30.3 Å². The van der Waals surface area contributed by atoms with Crippen molar-refractivity contribution >= 4 is 41.4 Å². The van der Waals surface area contributed by atoms with Crippen molar-refractivity contribution in [3.05, 3.63) is 35.9 Å². The van der Waals surface area contributed by atoms with E-state index in [9.17, 15) is 14.4 Å². The van der Waals surface area contributed by atoms with Crippen LogP contribution in [0.5, 0.6) is 0 Å². The number of benzene rings is 1. The number of carbonyl (C=O) groups excluding carboxylic acids is 3. The lowest BCUT2D eigenvalue weighted by Gasteiger charge is -2.35. The largest absolute Gasteiger partial charge is 0.447 e. The Balaban J connectivity index is 1.33. The zero-order chi connectivity index (χ0) is 28.3. The maximum absolute atomic E-state index is 13.7. The molecule has 3 aliphatic rings. The molecule has 40 heavy (non-hydrogen) atoms. The normalized spacial score (nSPS) is 21.4. The number of thioether (sulfide) groups is 2. The third-order valence-corrected chi connectivity index (χ3v) is 10.3. The van der Waals surface area contributed by atoms with E-state index in [1.807, 2.05) is 11.0 Å². The fourth-order valence-corrected chi connectivity index (χ4v) is 8.05. The molecule has 0 aromatic heterocycles. The molecule has 3 fully saturated rings. The van der Waals surface area contributed by atoms with Crippen LogP contribution in [0.25, 0.3) is 0 Å². The molecule has 1 saturated carbocycles. The van der Waals surface area contributed by atoms with Crippen LogP contribution in [0.1, 0.15) is 64.4 Å². The molecule has 8 nitrogen and oxygen atoms in total. The average Bonchev–Trinajstić information content (AvgIpc) is 3.47. The lowest BCUT2D eigenvalue weighted by Crippen LogP contribution is -2.57. The van der Waals surface area contributed by atoms with Gasteiger partial charge in [0.1, 0.15) is 12.1 Å². The van der Waals surface area contributed by atoms with Gasteiger partial charge in [0.2, 0.25) is 11.8 Å². The number of carbonyl (C=O) groups is 3. The van der Waals surface area contributed by atoms with Gasteiger partial charge in [-0.1, -0.05) is 49.6 Å². The van der Waals surface area contributed by atoms with Crippen LogP contribution < -0.4 is 10.6 Å². The summed E-state index contributed by atoms with van der Waals surface area (Å²) in [5.74, 6) is 2.94. The van der Waals surface area contributed by atoms with E-state index < -0.39 is 18.2 Å². The molecule has 10 heteroatoms. The van der Waals surface area contributed by atoms with Gasteiger partial charge in [0.25, 0.3) is 0 Å². The number of hydrogen-bond donors (Lipinski definition) is 2. The smallest absolute Gasteiger partial charge is 0.411 e. The number of likely N-dealkylation sites (tertiary alicyclic amines) is 1. The second-order valence-corrected chi connectivity index (χ2v) is 13.6. The topological polar surface area (TPSA) is 91.0 Å². The van der Waals surface area contributed by atoms with Gasteiger partial charge in [0.15, 0.2) is 0 Å². The molecule has 2 heterocycles. The quantitative estimate of drug-likeness (QED) is 0.393. The van der Waals surface area contributed by atoms with Crippen molar-refractivity contribution in [3.63, 3.8) is 0 Å². The molecule has 2 atom stereocenters. The SMILES string of the molecule is CC(C)OC(=O)N1CSCC1C(=O)N[C@@H](CSCC1CCCCC1)C(=O)N1CCC(NCc2ccccc2)CC1. The highest BCUT2D eigenvalue weighted by Gasteiger charge is 2.38. The Bertz CT molecular complexity index is 952. The monoisotopic (exact) mass is 590 g/mol. The summed E-state index contributed by atoms with van der Waals surface area (Å²) in [6, 6.07) is 9.52. The molecule has 0 radical (unpaired) electrons.